The fraction of sp³-hybridized carbons (Fsp3) is 1.00. The molecule has 0 aromatic carbocycles. The van der Waals surface area contributed by atoms with Crippen molar-refractivity contribution in [2.24, 2.45) is 0 Å². The van der Waals surface area contributed by atoms with Crippen LogP contribution >= 0.6 is 15.9 Å². The highest BCUT2D eigenvalue weighted by molar-refractivity contribution is 9.09. The van der Waals surface area contributed by atoms with Gasteiger partial charge in [0.25, 0.3) is 0 Å². The van der Waals surface area contributed by atoms with Gasteiger partial charge in [-0.1, -0.05) is 28.8 Å². The molecule has 1 saturated carbocycles. The van der Waals surface area contributed by atoms with Crippen LogP contribution in [0.5, 0.6) is 0 Å². The number of ether oxygens (including phenoxy) is 2. The molecule has 1 aliphatic rings. The first kappa shape index (κ1) is 13.5. The van der Waals surface area contributed by atoms with E-state index < -0.39 is 0 Å². The first-order valence-corrected chi connectivity index (χ1v) is 6.77. The third-order valence-electron chi connectivity index (χ3n) is 3.21. The second kappa shape index (κ2) is 6.21. The second-order valence-corrected chi connectivity index (χ2v) is 6.10. The Labute approximate surface area is 102 Å². The summed E-state index contributed by atoms with van der Waals surface area (Å²) in [6.07, 6.45) is 6.45. The molecule has 1 fully saturated rings. The zero-order valence-electron chi connectivity index (χ0n) is 10.1. The highest BCUT2D eigenvalue weighted by atomic mass is 79.9. The van der Waals surface area contributed by atoms with E-state index in [-0.39, 0.29) is 5.60 Å². The molecule has 0 aliphatic heterocycles. The molecule has 0 heterocycles. The maximum Gasteiger partial charge on any atom is 0.0700 e. The standard InChI is InChI=1S/C12H23BrO2/c1-12(2,14-3)8-9-15-11-7-5-4-6-10(11)13/h10-11H,4-9H2,1-3H3. The molecule has 0 spiro atoms. The number of methoxy groups -OCH3 is 1. The molecule has 0 saturated heterocycles. The summed E-state index contributed by atoms with van der Waals surface area (Å²) in [5.41, 5.74) is -0.0591. The highest BCUT2D eigenvalue weighted by Crippen LogP contribution is 2.27. The van der Waals surface area contributed by atoms with Crippen LogP contribution in [0.3, 0.4) is 0 Å². The average Bonchev–Trinajstić information content (AvgIpc) is 2.21. The lowest BCUT2D eigenvalue weighted by Gasteiger charge is -2.29. The van der Waals surface area contributed by atoms with Crippen molar-refractivity contribution in [3.63, 3.8) is 0 Å². The summed E-state index contributed by atoms with van der Waals surface area (Å²) < 4.78 is 11.3. The lowest BCUT2D eigenvalue weighted by molar-refractivity contribution is -0.0319. The summed E-state index contributed by atoms with van der Waals surface area (Å²) in [7, 11) is 1.76. The number of hydrogen-bond donors (Lipinski definition) is 0. The normalized spacial score (nSPS) is 28.0. The van der Waals surface area contributed by atoms with E-state index in [0.717, 1.165) is 13.0 Å². The van der Waals surface area contributed by atoms with Crippen LogP contribution in [0.4, 0.5) is 0 Å². The summed E-state index contributed by atoms with van der Waals surface area (Å²) in [6, 6.07) is 0. The third kappa shape index (κ3) is 4.83. The van der Waals surface area contributed by atoms with Crippen LogP contribution < -0.4 is 0 Å². The van der Waals surface area contributed by atoms with Gasteiger partial charge < -0.3 is 9.47 Å². The summed E-state index contributed by atoms with van der Waals surface area (Å²) in [5.74, 6) is 0. The smallest absolute Gasteiger partial charge is 0.0700 e. The Balaban J connectivity index is 2.19. The van der Waals surface area contributed by atoms with E-state index in [1.54, 1.807) is 7.11 Å². The van der Waals surface area contributed by atoms with Crippen LogP contribution in [0.15, 0.2) is 0 Å². The zero-order valence-corrected chi connectivity index (χ0v) is 11.7. The van der Waals surface area contributed by atoms with E-state index in [4.69, 9.17) is 9.47 Å². The van der Waals surface area contributed by atoms with Crippen molar-refractivity contribution in [2.75, 3.05) is 13.7 Å². The van der Waals surface area contributed by atoms with Crippen molar-refractivity contribution < 1.29 is 9.47 Å². The first-order chi connectivity index (χ1) is 7.05. The van der Waals surface area contributed by atoms with Gasteiger partial charge in [-0.25, -0.2) is 0 Å². The molecule has 90 valence electrons. The molecule has 15 heavy (non-hydrogen) atoms. The van der Waals surface area contributed by atoms with Crippen molar-refractivity contribution in [2.45, 2.75) is 62.5 Å². The Bertz CT molecular complexity index is 182. The molecule has 1 rings (SSSR count). The third-order valence-corrected chi connectivity index (χ3v) is 4.26. The van der Waals surface area contributed by atoms with Crippen molar-refractivity contribution in [3.8, 4) is 0 Å². The molecule has 0 aromatic rings. The van der Waals surface area contributed by atoms with Crippen molar-refractivity contribution in [1.29, 1.82) is 0 Å². The van der Waals surface area contributed by atoms with Crippen molar-refractivity contribution >= 4 is 15.9 Å². The van der Waals surface area contributed by atoms with Crippen LogP contribution in [-0.2, 0) is 9.47 Å². The fourth-order valence-corrected chi connectivity index (χ4v) is 2.54. The molecule has 0 radical (unpaired) electrons. The largest absolute Gasteiger partial charge is 0.379 e. The van der Waals surface area contributed by atoms with E-state index in [0.29, 0.717) is 10.9 Å². The minimum atomic E-state index is -0.0591. The zero-order chi connectivity index (χ0) is 11.3. The van der Waals surface area contributed by atoms with Crippen LogP contribution in [-0.4, -0.2) is 30.2 Å². The van der Waals surface area contributed by atoms with E-state index in [1.165, 1.54) is 25.7 Å². The molecule has 2 nitrogen and oxygen atoms in total. The lowest BCUT2D eigenvalue weighted by Crippen LogP contribution is -2.31. The van der Waals surface area contributed by atoms with Crippen LogP contribution in [0.2, 0.25) is 0 Å². The molecule has 1 aliphatic carbocycles. The average molecular weight is 279 g/mol. The van der Waals surface area contributed by atoms with Crippen LogP contribution in [0.25, 0.3) is 0 Å². The topological polar surface area (TPSA) is 18.5 Å². The van der Waals surface area contributed by atoms with Gasteiger partial charge in [0.15, 0.2) is 0 Å². The summed E-state index contributed by atoms with van der Waals surface area (Å²) in [5, 5.41) is 0. The predicted molar refractivity (Wildman–Crippen MR) is 66.6 cm³/mol. The molecular weight excluding hydrogens is 256 g/mol. The van der Waals surface area contributed by atoms with Gasteiger partial charge in [-0.05, 0) is 33.1 Å². The molecule has 2 unspecified atom stereocenters. The fourth-order valence-electron chi connectivity index (χ4n) is 1.80. The Morgan fingerprint density at radius 1 is 1.27 bits per heavy atom. The molecule has 0 N–H and O–H groups in total. The molecule has 0 bridgehead atoms. The van der Waals surface area contributed by atoms with Crippen molar-refractivity contribution in [1.82, 2.24) is 0 Å². The van der Waals surface area contributed by atoms with Crippen LogP contribution in [0, 0.1) is 0 Å². The summed E-state index contributed by atoms with van der Waals surface area (Å²) in [4.78, 5) is 0.553. The Morgan fingerprint density at radius 3 is 2.53 bits per heavy atom. The summed E-state index contributed by atoms with van der Waals surface area (Å²) in [6.45, 7) is 5.00. The number of halogens is 1. The quantitative estimate of drug-likeness (QED) is 0.717. The Kier molecular flexibility index (Phi) is 5.58. The van der Waals surface area contributed by atoms with Gasteiger partial charge in [-0.2, -0.15) is 0 Å². The van der Waals surface area contributed by atoms with Gasteiger partial charge >= 0.3 is 0 Å². The van der Waals surface area contributed by atoms with E-state index >= 15 is 0 Å². The number of rotatable bonds is 5. The second-order valence-electron chi connectivity index (χ2n) is 4.92. The van der Waals surface area contributed by atoms with E-state index in [2.05, 4.69) is 29.8 Å². The molecule has 2 atom stereocenters. The van der Waals surface area contributed by atoms with Crippen molar-refractivity contribution in [3.05, 3.63) is 0 Å². The first-order valence-electron chi connectivity index (χ1n) is 5.86. The van der Waals surface area contributed by atoms with E-state index in [9.17, 15) is 0 Å². The van der Waals surface area contributed by atoms with Gasteiger partial charge in [0, 0.05) is 18.5 Å². The Hall–Kier alpha value is 0.400. The Morgan fingerprint density at radius 2 is 1.93 bits per heavy atom. The minimum absolute atomic E-state index is 0.0591. The number of alkyl halides is 1. The summed E-state index contributed by atoms with van der Waals surface area (Å²) >= 11 is 3.70. The maximum absolute atomic E-state index is 5.91. The van der Waals surface area contributed by atoms with E-state index in [1.807, 2.05) is 0 Å². The SMILES string of the molecule is COC(C)(C)CCOC1CCCCC1Br. The number of hydrogen-bond acceptors (Lipinski definition) is 2. The molecule has 0 aromatic heterocycles. The maximum atomic E-state index is 5.91. The van der Waals surface area contributed by atoms with Gasteiger partial charge in [0.2, 0.25) is 0 Å². The van der Waals surface area contributed by atoms with Gasteiger partial charge in [-0.15, -0.1) is 0 Å². The minimum Gasteiger partial charge on any atom is -0.379 e. The van der Waals surface area contributed by atoms with Gasteiger partial charge in [-0.3, -0.25) is 0 Å². The monoisotopic (exact) mass is 278 g/mol. The molecule has 0 amide bonds. The highest BCUT2D eigenvalue weighted by Gasteiger charge is 2.24. The lowest BCUT2D eigenvalue weighted by atomic mass is 9.97. The van der Waals surface area contributed by atoms with Gasteiger partial charge in [0.1, 0.15) is 0 Å². The molecular formula is C12H23BrO2. The predicted octanol–water partition coefficient (Wildman–Crippen LogP) is 3.52. The van der Waals surface area contributed by atoms with Crippen LogP contribution in [0.1, 0.15) is 46.0 Å². The molecule has 3 heteroatoms. The van der Waals surface area contributed by atoms with Gasteiger partial charge in [0.05, 0.1) is 11.7 Å².